The first-order chi connectivity index (χ1) is 18.5. The third kappa shape index (κ3) is 5.98. The number of hydrogen-bond donors (Lipinski definition) is 0. The number of carbonyl (C=O) groups excluding carboxylic acids is 1. The average molecular weight is 601 g/mol. The lowest BCUT2D eigenvalue weighted by atomic mass is 10.1. The number of halogens is 2. The summed E-state index contributed by atoms with van der Waals surface area (Å²) in [5.41, 5.74) is 1.62. The Morgan fingerprint density at radius 1 is 1.18 bits per heavy atom. The van der Waals surface area contributed by atoms with Crippen molar-refractivity contribution < 1.29 is 28.1 Å². The van der Waals surface area contributed by atoms with Crippen LogP contribution in [0.3, 0.4) is 0 Å². The second kappa shape index (κ2) is 12.2. The molecule has 2 aromatic carbocycles. The van der Waals surface area contributed by atoms with E-state index < -0.39 is 12.1 Å². The van der Waals surface area contributed by atoms with Gasteiger partial charge in [-0.15, -0.1) is 11.3 Å². The molecule has 5 rings (SSSR count). The van der Waals surface area contributed by atoms with Crippen LogP contribution < -0.4 is 9.47 Å². The molecule has 0 saturated carbocycles. The van der Waals surface area contributed by atoms with Crippen molar-refractivity contribution in [2.45, 2.75) is 45.0 Å². The van der Waals surface area contributed by atoms with E-state index in [2.05, 4.69) is 25.9 Å². The number of carbonyl (C=O) groups is 1. The summed E-state index contributed by atoms with van der Waals surface area (Å²) in [6.45, 7) is 2.63. The number of hydrogen-bond acceptors (Lipinski definition) is 8. The molecule has 4 aromatic rings. The molecule has 0 amide bonds. The topological polar surface area (TPSA) is 79.8 Å². The zero-order valence-electron chi connectivity index (χ0n) is 20.7. The van der Waals surface area contributed by atoms with Crippen LogP contribution in [0.4, 0.5) is 4.39 Å². The normalized spacial score (nSPS) is 16.2. The molecule has 0 spiro atoms. The summed E-state index contributed by atoms with van der Waals surface area (Å²) < 4.78 is 37.7. The summed E-state index contributed by atoms with van der Waals surface area (Å²) >= 11 is 5.07. The minimum Gasteiger partial charge on any atom is -0.465 e. The van der Waals surface area contributed by atoms with Gasteiger partial charge in [0.15, 0.2) is 6.29 Å². The van der Waals surface area contributed by atoms with Crippen LogP contribution in [0.1, 0.15) is 31.7 Å². The monoisotopic (exact) mass is 600 g/mol. The van der Waals surface area contributed by atoms with Crippen LogP contribution in [0.15, 0.2) is 59.3 Å². The van der Waals surface area contributed by atoms with E-state index in [0.29, 0.717) is 27.0 Å². The summed E-state index contributed by atoms with van der Waals surface area (Å²) in [5.74, 6) is 0.0680. The maximum absolute atomic E-state index is 13.5. The van der Waals surface area contributed by atoms with E-state index in [1.54, 1.807) is 19.1 Å². The Kier molecular flexibility index (Phi) is 8.51. The minimum atomic E-state index is -0.980. The van der Waals surface area contributed by atoms with Crippen LogP contribution in [0.25, 0.3) is 20.7 Å². The van der Waals surface area contributed by atoms with Crippen molar-refractivity contribution in [2.75, 3.05) is 13.2 Å². The summed E-state index contributed by atoms with van der Waals surface area (Å²) in [4.78, 5) is 23.3. The van der Waals surface area contributed by atoms with Gasteiger partial charge >= 0.3 is 5.97 Å². The number of benzene rings is 2. The summed E-state index contributed by atoms with van der Waals surface area (Å²) in [5, 5.41) is 0.631. The van der Waals surface area contributed by atoms with Gasteiger partial charge in [0, 0.05) is 12.8 Å². The van der Waals surface area contributed by atoms with Gasteiger partial charge in [0.2, 0.25) is 12.0 Å². The third-order valence-electron chi connectivity index (χ3n) is 6.08. The molecule has 0 radical (unpaired) electrons. The predicted molar refractivity (Wildman–Crippen MR) is 146 cm³/mol. The molecule has 1 fully saturated rings. The lowest BCUT2D eigenvalue weighted by molar-refractivity contribution is -0.151. The van der Waals surface area contributed by atoms with E-state index >= 15 is 0 Å². The molecular formula is C28H26BrFN2O5S. The fraction of sp³-hybridized carbons (Fsp3) is 0.321. The maximum atomic E-state index is 13.5. The SMILES string of the molecule is CCOC(=O)[C@@H](Cc1ccccc1OC1CCCCO1)Oc1ncnc2sc(-c3ccc(F)cc3)c(Br)c12. The van der Waals surface area contributed by atoms with Gasteiger partial charge in [-0.25, -0.2) is 19.2 Å². The number of nitrogens with zero attached hydrogens (tertiary/aromatic N) is 2. The maximum Gasteiger partial charge on any atom is 0.347 e. The lowest BCUT2D eigenvalue weighted by Crippen LogP contribution is -2.32. The van der Waals surface area contributed by atoms with Crippen molar-refractivity contribution in [1.82, 2.24) is 9.97 Å². The molecule has 10 heteroatoms. The van der Waals surface area contributed by atoms with Crippen molar-refractivity contribution in [1.29, 1.82) is 0 Å². The molecule has 3 heterocycles. The first-order valence-electron chi connectivity index (χ1n) is 12.4. The van der Waals surface area contributed by atoms with Gasteiger partial charge in [0.25, 0.3) is 0 Å². The molecule has 198 valence electrons. The Balaban J connectivity index is 1.45. The number of fused-ring (bicyclic) bond motifs is 1. The smallest absolute Gasteiger partial charge is 0.347 e. The summed E-state index contributed by atoms with van der Waals surface area (Å²) in [7, 11) is 0. The molecule has 0 bridgehead atoms. The van der Waals surface area contributed by atoms with Gasteiger partial charge in [-0.3, -0.25) is 0 Å². The average Bonchev–Trinajstić information content (AvgIpc) is 3.27. The van der Waals surface area contributed by atoms with E-state index in [9.17, 15) is 9.18 Å². The molecule has 2 aromatic heterocycles. The Morgan fingerprint density at radius 2 is 2.00 bits per heavy atom. The molecule has 38 heavy (non-hydrogen) atoms. The molecule has 7 nitrogen and oxygen atoms in total. The number of aromatic nitrogens is 2. The van der Waals surface area contributed by atoms with E-state index in [-0.39, 0.29) is 31.0 Å². The summed E-state index contributed by atoms with van der Waals surface area (Å²) in [6.07, 6.45) is 3.18. The van der Waals surface area contributed by atoms with Crippen molar-refractivity contribution in [3.63, 3.8) is 0 Å². The van der Waals surface area contributed by atoms with Crippen molar-refractivity contribution in [2.24, 2.45) is 0 Å². The highest BCUT2D eigenvalue weighted by atomic mass is 79.9. The van der Waals surface area contributed by atoms with E-state index in [1.165, 1.54) is 29.8 Å². The highest BCUT2D eigenvalue weighted by molar-refractivity contribution is 9.10. The van der Waals surface area contributed by atoms with Crippen molar-refractivity contribution >= 4 is 43.5 Å². The molecule has 1 aliphatic heterocycles. The molecular weight excluding hydrogens is 575 g/mol. The highest BCUT2D eigenvalue weighted by Crippen LogP contribution is 2.44. The molecule has 2 atom stereocenters. The summed E-state index contributed by atoms with van der Waals surface area (Å²) in [6, 6.07) is 13.8. The highest BCUT2D eigenvalue weighted by Gasteiger charge is 2.28. The van der Waals surface area contributed by atoms with Gasteiger partial charge < -0.3 is 18.9 Å². The van der Waals surface area contributed by atoms with E-state index in [0.717, 1.165) is 35.3 Å². The van der Waals surface area contributed by atoms with Gasteiger partial charge in [-0.2, -0.15) is 0 Å². The number of ether oxygens (including phenoxy) is 4. The van der Waals surface area contributed by atoms with Crippen LogP contribution >= 0.6 is 27.3 Å². The Morgan fingerprint density at radius 3 is 2.76 bits per heavy atom. The fourth-order valence-corrected chi connectivity index (χ4v) is 6.22. The number of rotatable bonds is 9. The Bertz CT molecular complexity index is 1410. The first kappa shape index (κ1) is 26.5. The molecule has 1 unspecified atom stereocenters. The third-order valence-corrected chi connectivity index (χ3v) is 8.28. The number of para-hydroxylation sites is 1. The van der Waals surface area contributed by atoms with Crippen LogP contribution in [-0.4, -0.2) is 41.5 Å². The largest absolute Gasteiger partial charge is 0.465 e. The quantitative estimate of drug-likeness (QED) is 0.197. The Labute approximate surface area is 232 Å². The second-order valence-corrected chi connectivity index (χ2v) is 10.5. The second-order valence-electron chi connectivity index (χ2n) is 8.70. The van der Waals surface area contributed by atoms with Crippen LogP contribution in [-0.2, 0) is 20.7 Å². The van der Waals surface area contributed by atoms with E-state index in [1.807, 2.05) is 24.3 Å². The minimum absolute atomic E-state index is 0.208. The predicted octanol–water partition coefficient (Wildman–Crippen LogP) is 6.72. The lowest BCUT2D eigenvalue weighted by Gasteiger charge is -2.25. The molecule has 1 saturated heterocycles. The van der Waals surface area contributed by atoms with Gasteiger partial charge in [-0.05, 0) is 65.0 Å². The van der Waals surface area contributed by atoms with Crippen molar-refractivity contribution in [3.8, 4) is 22.1 Å². The molecule has 1 aliphatic rings. The van der Waals surface area contributed by atoms with Crippen LogP contribution in [0, 0.1) is 5.82 Å². The zero-order chi connectivity index (χ0) is 26.5. The van der Waals surface area contributed by atoms with E-state index in [4.69, 9.17) is 18.9 Å². The number of thiophene rings is 1. The van der Waals surface area contributed by atoms with Gasteiger partial charge in [0.05, 0.1) is 27.9 Å². The first-order valence-corrected chi connectivity index (χ1v) is 14.0. The standard InChI is InChI=1S/C28H26BrFN2O5S/c1-2-34-28(33)21(15-18-7-3-4-8-20(18)36-22-9-5-6-14-35-22)37-26-23-24(29)25(38-27(23)32-16-31-26)17-10-12-19(30)13-11-17/h3-4,7-8,10-13,16,21-22H,2,5-6,9,14-15H2,1H3/t21-,22?/m1/s1. The molecule has 0 aliphatic carbocycles. The van der Waals surface area contributed by atoms with Gasteiger partial charge in [-0.1, -0.05) is 30.3 Å². The van der Waals surface area contributed by atoms with Gasteiger partial charge in [0.1, 0.15) is 22.7 Å². The fourth-order valence-electron chi connectivity index (χ4n) is 4.23. The Hall–Kier alpha value is -3.08. The van der Waals surface area contributed by atoms with Crippen LogP contribution in [0.2, 0.25) is 0 Å². The molecule has 0 N–H and O–H groups in total. The van der Waals surface area contributed by atoms with Crippen LogP contribution in [0.5, 0.6) is 11.6 Å². The number of esters is 1. The van der Waals surface area contributed by atoms with Crippen molar-refractivity contribution in [3.05, 3.63) is 70.7 Å². The zero-order valence-corrected chi connectivity index (χ0v) is 23.1.